The Labute approximate surface area is 61.5 Å². The Hall–Kier alpha value is -0.570. The Morgan fingerprint density at radius 2 is 2.40 bits per heavy atom. The molecule has 3 nitrogen and oxygen atoms in total. The topological polar surface area (TPSA) is 33.6 Å². The van der Waals surface area contributed by atoms with Crippen LogP contribution in [-0.2, 0) is 4.74 Å². The summed E-state index contributed by atoms with van der Waals surface area (Å²) in [6.45, 7) is 1.96. The number of rotatable bonds is 4. The Morgan fingerprint density at radius 3 is 2.90 bits per heavy atom. The second-order valence-electron chi connectivity index (χ2n) is 2.62. The number of ether oxygens (including phenoxy) is 1. The molecule has 1 aliphatic carbocycles. The van der Waals surface area contributed by atoms with Gasteiger partial charge >= 0.3 is 0 Å². The van der Waals surface area contributed by atoms with Crippen molar-refractivity contribution in [1.82, 2.24) is 5.43 Å². The van der Waals surface area contributed by atoms with E-state index in [4.69, 9.17) is 4.74 Å². The molecule has 1 N–H and O–H groups in total. The van der Waals surface area contributed by atoms with Gasteiger partial charge in [-0.25, -0.2) is 0 Å². The van der Waals surface area contributed by atoms with Gasteiger partial charge in [-0.05, 0) is 19.8 Å². The number of hydrogen-bond acceptors (Lipinski definition) is 3. The highest BCUT2D eigenvalue weighted by molar-refractivity contribution is 5.61. The highest BCUT2D eigenvalue weighted by Gasteiger charge is 2.19. The van der Waals surface area contributed by atoms with E-state index >= 15 is 0 Å². The summed E-state index contributed by atoms with van der Waals surface area (Å²) in [4.78, 5) is 0. The van der Waals surface area contributed by atoms with Crippen LogP contribution in [0, 0.1) is 0 Å². The van der Waals surface area contributed by atoms with Crippen LogP contribution >= 0.6 is 0 Å². The van der Waals surface area contributed by atoms with Gasteiger partial charge in [0.15, 0.2) is 0 Å². The molecule has 0 amide bonds. The maximum absolute atomic E-state index is 4.96. The van der Waals surface area contributed by atoms with E-state index in [1.165, 1.54) is 12.8 Å². The quantitative estimate of drug-likeness (QED) is 0.464. The van der Waals surface area contributed by atoms with E-state index in [0.717, 1.165) is 0 Å². The molecule has 10 heavy (non-hydrogen) atoms. The van der Waals surface area contributed by atoms with Crippen LogP contribution in [0.1, 0.15) is 19.8 Å². The van der Waals surface area contributed by atoms with Crippen LogP contribution in [0.5, 0.6) is 0 Å². The van der Waals surface area contributed by atoms with E-state index in [9.17, 15) is 0 Å². The third-order valence-electron chi connectivity index (χ3n) is 1.49. The smallest absolute Gasteiger partial charge is 0.0911 e. The molecular formula is C7H14N2O. The van der Waals surface area contributed by atoms with E-state index in [2.05, 4.69) is 10.5 Å². The Balaban J connectivity index is 2.02. The predicted octanol–water partition coefficient (Wildman–Crippen LogP) is 0.759. The number of hydrazone groups is 1. The van der Waals surface area contributed by atoms with Crippen molar-refractivity contribution in [3.63, 3.8) is 0 Å². The van der Waals surface area contributed by atoms with Crippen molar-refractivity contribution < 1.29 is 4.74 Å². The highest BCUT2D eigenvalue weighted by Crippen LogP contribution is 2.18. The van der Waals surface area contributed by atoms with Crippen LogP contribution in [-0.4, -0.2) is 25.5 Å². The summed E-state index contributed by atoms with van der Waals surface area (Å²) >= 11 is 0. The molecular weight excluding hydrogens is 128 g/mol. The van der Waals surface area contributed by atoms with Gasteiger partial charge in [-0.3, -0.25) is 0 Å². The van der Waals surface area contributed by atoms with Gasteiger partial charge < -0.3 is 10.2 Å². The van der Waals surface area contributed by atoms with Crippen LogP contribution in [0.3, 0.4) is 0 Å². The molecule has 3 heteroatoms. The molecule has 1 atom stereocenters. The number of nitrogens with zero attached hydrogens (tertiary/aromatic N) is 1. The fourth-order valence-corrected chi connectivity index (χ4v) is 0.527. The third-order valence-corrected chi connectivity index (χ3v) is 1.49. The molecule has 0 saturated heterocycles. The van der Waals surface area contributed by atoms with E-state index in [-0.39, 0.29) is 6.10 Å². The van der Waals surface area contributed by atoms with Gasteiger partial charge in [-0.1, -0.05) is 0 Å². The summed E-state index contributed by atoms with van der Waals surface area (Å²) < 4.78 is 4.96. The zero-order valence-electron chi connectivity index (χ0n) is 6.50. The summed E-state index contributed by atoms with van der Waals surface area (Å²) in [5, 5.41) is 4.00. The first-order valence-electron chi connectivity index (χ1n) is 3.64. The minimum Gasteiger partial charge on any atom is -0.376 e. The summed E-state index contributed by atoms with van der Waals surface area (Å²) in [6, 6.07) is 0.639. The van der Waals surface area contributed by atoms with Crippen molar-refractivity contribution in [2.75, 3.05) is 7.11 Å². The minimum absolute atomic E-state index is 0.117. The Morgan fingerprint density at radius 1 is 1.70 bits per heavy atom. The molecule has 0 aromatic heterocycles. The summed E-state index contributed by atoms with van der Waals surface area (Å²) in [7, 11) is 1.67. The van der Waals surface area contributed by atoms with Crippen LogP contribution in [0.4, 0.5) is 0 Å². The Kier molecular flexibility index (Phi) is 2.68. The lowest BCUT2D eigenvalue weighted by molar-refractivity contribution is 0.174. The Bertz CT molecular complexity index is 121. The lowest BCUT2D eigenvalue weighted by atomic mass is 10.5. The van der Waals surface area contributed by atoms with Crippen molar-refractivity contribution in [2.45, 2.75) is 31.9 Å². The standard InChI is InChI=1S/C7H14N2O/c1-6(10-2)5-8-9-7-3-4-7/h5-7,9H,3-4H2,1-2H3/b8-5+. The SMILES string of the molecule is COC(C)/C=N/NC1CC1. The molecule has 58 valence electrons. The zero-order valence-corrected chi connectivity index (χ0v) is 6.50. The van der Waals surface area contributed by atoms with E-state index in [0.29, 0.717) is 6.04 Å². The van der Waals surface area contributed by atoms with Crippen molar-refractivity contribution in [3.8, 4) is 0 Å². The number of hydrogen-bond donors (Lipinski definition) is 1. The lowest BCUT2D eigenvalue weighted by Crippen LogP contribution is -2.13. The van der Waals surface area contributed by atoms with Crippen molar-refractivity contribution in [1.29, 1.82) is 0 Å². The molecule has 0 aromatic rings. The summed E-state index contributed by atoms with van der Waals surface area (Å²) in [6.07, 6.45) is 4.42. The molecule has 1 aliphatic rings. The van der Waals surface area contributed by atoms with Gasteiger partial charge in [0.2, 0.25) is 0 Å². The first-order chi connectivity index (χ1) is 4.83. The summed E-state index contributed by atoms with van der Waals surface area (Å²) in [5.41, 5.74) is 3.01. The second kappa shape index (κ2) is 3.56. The average Bonchev–Trinajstić information content (AvgIpc) is 2.71. The third kappa shape index (κ3) is 2.82. The van der Waals surface area contributed by atoms with E-state index < -0.39 is 0 Å². The van der Waals surface area contributed by atoms with Crippen LogP contribution in [0.2, 0.25) is 0 Å². The van der Waals surface area contributed by atoms with Crippen LogP contribution in [0.15, 0.2) is 5.10 Å². The van der Waals surface area contributed by atoms with Gasteiger partial charge in [0.05, 0.1) is 12.3 Å². The molecule has 1 unspecified atom stereocenters. The van der Waals surface area contributed by atoms with Gasteiger partial charge in [0.1, 0.15) is 0 Å². The zero-order chi connectivity index (χ0) is 7.40. The molecule has 0 aliphatic heterocycles. The molecule has 0 heterocycles. The van der Waals surface area contributed by atoms with Crippen molar-refractivity contribution in [3.05, 3.63) is 0 Å². The largest absolute Gasteiger partial charge is 0.376 e. The molecule has 0 aromatic carbocycles. The molecule has 0 bridgehead atoms. The number of nitrogens with one attached hydrogen (secondary N) is 1. The fourth-order valence-electron chi connectivity index (χ4n) is 0.527. The first kappa shape index (κ1) is 7.54. The first-order valence-corrected chi connectivity index (χ1v) is 3.64. The lowest BCUT2D eigenvalue weighted by Gasteiger charge is -2.00. The molecule has 1 rings (SSSR count). The highest BCUT2D eigenvalue weighted by atomic mass is 16.5. The second-order valence-corrected chi connectivity index (χ2v) is 2.62. The van der Waals surface area contributed by atoms with Gasteiger partial charge in [-0.2, -0.15) is 5.10 Å². The van der Waals surface area contributed by atoms with Crippen molar-refractivity contribution in [2.24, 2.45) is 5.10 Å². The van der Waals surface area contributed by atoms with Gasteiger partial charge in [0.25, 0.3) is 0 Å². The average molecular weight is 142 g/mol. The minimum atomic E-state index is 0.117. The predicted molar refractivity (Wildman–Crippen MR) is 41.1 cm³/mol. The molecule has 1 saturated carbocycles. The monoisotopic (exact) mass is 142 g/mol. The molecule has 1 fully saturated rings. The number of methoxy groups -OCH3 is 1. The van der Waals surface area contributed by atoms with Gasteiger partial charge in [-0.15, -0.1) is 0 Å². The van der Waals surface area contributed by atoms with Crippen LogP contribution < -0.4 is 5.43 Å². The fraction of sp³-hybridized carbons (Fsp3) is 0.857. The normalized spacial score (nSPS) is 21.4. The van der Waals surface area contributed by atoms with Crippen LogP contribution in [0.25, 0.3) is 0 Å². The maximum Gasteiger partial charge on any atom is 0.0911 e. The van der Waals surface area contributed by atoms with E-state index in [1.54, 1.807) is 13.3 Å². The molecule has 0 radical (unpaired) electrons. The summed E-state index contributed by atoms with van der Waals surface area (Å²) in [5.74, 6) is 0. The maximum atomic E-state index is 4.96. The molecule has 0 spiro atoms. The van der Waals surface area contributed by atoms with Crippen molar-refractivity contribution >= 4 is 6.21 Å². The van der Waals surface area contributed by atoms with E-state index in [1.807, 2.05) is 6.92 Å². The van der Waals surface area contributed by atoms with Gasteiger partial charge in [0, 0.05) is 13.2 Å².